The van der Waals surface area contributed by atoms with Crippen molar-refractivity contribution in [2.75, 3.05) is 17.2 Å². The summed E-state index contributed by atoms with van der Waals surface area (Å²) in [6, 6.07) is 16.1. The van der Waals surface area contributed by atoms with Crippen LogP contribution < -0.4 is 15.4 Å². The lowest BCUT2D eigenvalue weighted by atomic mass is 10.2. The van der Waals surface area contributed by atoms with Crippen LogP contribution in [0.1, 0.15) is 11.1 Å². The van der Waals surface area contributed by atoms with Gasteiger partial charge in [-0.25, -0.2) is 0 Å². The highest BCUT2D eigenvalue weighted by Gasteiger charge is 2.13. The average molecular weight is 484 g/mol. The number of benzene rings is 3. The van der Waals surface area contributed by atoms with E-state index in [9.17, 15) is 4.79 Å². The van der Waals surface area contributed by atoms with E-state index in [2.05, 4.69) is 10.6 Å². The third-order valence-corrected chi connectivity index (χ3v) is 5.52. The number of halogens is 4. The Labute approximate surface area is 195 Å². The van der Waals surface area contributed by atoms with Crippen molar-refractivity contribution in [1.82, 2.24) is 0 Å². The van der Waals surface area contributed by atoms with E-state index in [4.69, 9.17) is 51.1 Å². The molecule has 0 aliphatic carbocycles. The molecule has 3 aromatic rings. The minimum atomic E-state index is -0.355. The number of nitrogens with one attached hydrogen (secondary N) is 2. The molecule has 3 aromatic carbocycles. The van der Waals surface area contributed by atoms with Crippen LogP contribution in [0.2, 0.25) is 20.1 Å². The largest absolute Gasteiger partial charge is 0.481 e. The maximum absolute atomic E-state index is 12.2. The maximum atomic E-state index is 12.2. The second kappa shape index (κ2) is 10.3. The fourth-order valence-corrected chi connectivity index (χ4v) is 3.68. The molecule has 0 aliphatic rings. The van der Waals surface area contributed by atoms with Gasteiger partial charge in [-0.2, -0.15) is 0 Å². The van der Waals surface area contributed by atoms with Crippen LogP contribution in [0, 0.1) is 6.92 Å². The number of para-hydroxylation sites is 1. The summed E-state index contributed by atoms with van der Waals surface area (Å²) < 4.78 is 5.54. The van der Waals surface area contributed by atoms with E-state index >= 15 is 0 Å². The van der Waals surface area contributed by atoms with Crippen LogP contribution in [0.25, 0.3) is 0 Å². The van der Waals surface area contributed by atoms with Crippen molar-refractivity contribution in [3.63, 3.8) is 0 Å². The number of rotatable bonds is 7. The number of hydrogen-bond acceptors (Lipinski definition) is 3. The van der Waals surface area contributed by atoms with Gasteiger partial charge >= 0.3 is 0 Å². The normalized spacial score (nSPS) is 10.6. The van der Waals surface area contributed by atoms with Gasteiger partial charge in [0.25, 0.3) is 5.91 Å². The molecule has 2 N–H and O–H groups in total. The molecular weight excluding hydrogens is 466 g/mol. The number of ether oxygens (including phenoxy) is 1. The first-order valence-corrected chi connectivity index (χ1v) is 10.5. The molecule has 4 nitrogen and oxygen atoms in total. The Hall–Kier alpha value is -2.11. The first kappa shape index (κ1) is 22.6. The summed E-state index contributed by atoms with van der Waals surface area (Å²) in [6.07, 6.45) is 0. The zero-order valence-electron chi connectivity index (χ0n) is 15.9. The third-order valence-electron chi connectivity index (χ3n) is 4.22. The molecule has 1 amide bonds. The number of amides is 1. The lowest BCUT2D eigenvalue weighted by Crippen LogP contribution is -2.20. The maximum Gasteiger partial charge on any atom is 0.262 e. The topological polar surface area (TPSA) is 50.4 Å². The summed E-state index contributed by atoms with van der Waals surface area (Å²) in [5.74, 6) is -0.108. The molecule has 3 rings (SSSR count). The van der Waals surface area contributed by atoms with Crippen molar-refractivity contribution >= 4 is 63.7 Å². The van der Waals surface area contributed by atoms with Gasteiger partial charge in [0.15, 0.2) is 12.4 Å². The summed E-state index contributed by atoms with van der Waals surface area (Å²) in [4.78, 5) is 12.2. The van der Waals surface area contributed by atoms with E-state index in [0.717, 1.165) is 16.8 Å². The van der Waals surface area contributed by atoms with E-state index in [1.165, 1.54) is 0 Å². The molecule has 0 unspecified atom stereocenters. The SMILES string of the molecule is Cc1ccc(NC(=O)COc2c(Cl)cc(CNc3ccccc3Cl)cc2Cl)cc1Cl. The van der Waals surface area contributed by atoms with E-state index in [0.29, 0.717) is 32.3 Å². The quantitative estimate of drug-likeness (QED) is 0.372. The highest BCUT2D eigenvalue weighted by molar-refractivity contribution is 6.37. The average Bonchev–Trinajstić information content (AvgIpc) is 2.69. The summed E-state index contributed by atoms with van der Waals surface area (Å²) in [6.45, 7) is 2.11. The van der Waals surface area contributed by atoms with Gasteiger partial charge in [0.05, 0.1) is 20.8 Å². The molecule has 0 bridgehead atoms. The summed E-state index contributed by atoms with van der Waals surface area (Å²) in [5.41, 5.74) is 3.15. The Morgan fingerprint density at radius 1 is 0.900 bits per heavy atom. The molecule has 0 saturated carbocycles. The van der Waals surface area contributed by atoms with Crippen molar-refractivity contribution in [2.45, 2.75) is 13.5 Å². The predicted octanol–water partition coefficient (Wildman–Crippen LogP) is 7.24. The Kier molecular flexibility index (Phi) is 7.73. The summed E-state index contributed by atoms with van der Waals surface area (Å²) in [7, 11) is 0. The number of hydrogen-bond donors (Lipinski definition) is 2. The lowest BCUT2D eigenvalue weighted by Gasteiger charge is -2.13. The van der Waals surface area contributed by atoms with Gasteiger partial charge in [0.1, 0.15) is 0 Å². The number of anilines is 2. The molecule has 0 fully saturated rings. The second-order valence-electron chi connectivity index (χ2n) is 6.52. The van der Waals surface area contributed by atoms with Gasteiger partial charge < -0.3 is 15.4 Å². The van der Waals surface area contributed by atoms with Crippen molar-refractivity contribution < 1.29 is 9.53 Å². The monoisotopic (exact) mass is 482 g/mol. The molecule has 0 aromatic heterocycles. The van der Waals surface area contributed by atoms with Gasteiger partial charge in [-0.3, -0.25) is 4.79 Å². The zero-order chi connectivity index (χ0) is 21.7. The minimum Gasteiger partial charge on any atom is -0.481 e. The third kappa shape index (κ3) is 5.96. The smallest absolute Gasteiger partial charge is 0.262 e. The van der Waals surface area contributed by atoms with Gasteiger partial charge in [-0.15, -0.1) is 0 Å². The number of carbonyl (C=O) groups is 1. The van der Waals surface area contributed by atoms with E-state index in [1.54, 1.807) is 30.3 Å². The van der Waals surface area contributed by atoms with Gasteiger partial charge in [-0.1, -0.05) is 64.6 Å². The fourth-order valence-electron chi connectivity index (χ4n) is 2.66. The lowest BCUT2D eigenvalue weighted by molar-refractivity contribution is -0.118. The molecule has 0 radical (unpaired) electrons. The highest BCUT2D eigenvalue weighted by atomic mass is 35.5. The molecule has 0 spiro atoms. The van der Waals surface area contributed by atoms with Crippen molar-refractivity contribution in [1.29, 1.82) is 0 Å². The molecule has 0 aliphatic heterocycles. The molecular formula is C22H18Cl4N2O2. The minimum absolute atomic E-state index is 0.247. The van der Waals surface area contributed by atoms with Gasteiger partial charge in [0, 0.05) is 17.3 Å². The Balaban J connectivity index is 1.60. The second-order valence-corrected chi connectivity index (χ2v) is 8.15. The van der Waals surface area contributed by atoms with E-state index < -0.39 is 0 Å². The molecule has 30 heavy (non-hydrogen) atoms. The van der Waals surface area contributed by atoms with Gasteiger partial charge in [-0.05, 0) is 54.4 Å². The van der Waals surface area contributed by atoms with E-state index in [1.807, 2.05) is 31.2 Å². The fraction of sp³-hybridized carbons (Fsp3) is 0.136. The Morgan fingerprint density at radius 3 is 2.27 bits per heavy atom. The number of carbonyl (C=O) groups excluding carboxylic acids is 1. The first-order chi connectivity index (χ1) is 14.3. The highest BCUT2D eigenvalue weighted by Crippen LogP contribution is 2.34. The van der Waals surface area contributed by atoms with Crippen molar-refractivity contribution in [2.24, 2.45) is 0 Å². The first-order valence-electron chi connectivity index (χ1n) is 8.98. The van der Waals surface area contributed by atoms with Crippen molar-refractivity contribution in [3.8, 4) is 5.75 Å². The van der Waals surface area contributed by atoms with Crippen LogP contribution in [0.3, 0.4) is 0 Å². The molecule has 156 valence electrons. The molecule has 0 heterocycles. The van der Waals surface area contributed by atoms with Crippen LogP contribution >= 0.6 is 46.4 Å². The summed E-state index contributed by atoms with van der Waals surface area (Å²) >= 11 is 24.8. The predicted molar refractivity (Wildman–Crippen MR) is 126 cm³/mol. The van der Waals surface area contributed by atoms with Crippen LogP contribution in [-0.2, 0) is 11.3 Å². The van der Waals surface area contributed by atoms with Crippen LogP contribution in [-0.4, -0.2) is 12.5 Å². The zero-order valence-corrected chi connectivity index (χ0v) is 19.0. The van der Waals surface area contributed by atoms with Gasteiger partial charge in [0.2, 0.25) is 0 Å². The molecule has 0 saturated heterocycles. The van der Waals surface area contributed by atoms with Crippen LogP contribution in [0.15, 0.2) is 54.6 Å². The Bertz CT molecular complexity index is 1050. The van der Waals surface area contributed by atoms with Crippen molar-refractivity contribution in [3.05, 3.63) is 85.8 Å². The van der Waals surface area contributed by atoms with E-state index in [-0.39, 0.29) is 18.3 Å². The number of aryl methyl sites for hydroxylation is 1. The standard InChI is InChI=1S/C22H18Cl4N2O2/c1-13-6-7-15(10-17(13)24)28-21(29)12-30-22-18(25)8-14(9-19(22)26)11-27-20-5-3-2-4-16(20)23/h2-10,27H,11-12H2,1H3,(H,28,29). The summed E-state index contributed by atoms with van der Waals surface area (Å²) in [5, 5.41) is 7.75. The Morgan fingerprint density at radius 2 is 1.60 bits per heavy atom. The van der Waals surface area contributed by atoms with Crippen LogP contribution in [0.4, 0.5) is 11.4 Å². The molecule has 0 atom stereocenters. The molecule has 8 heteroatoms. The van der Waals surface area contributed by atoms with Crippen LogP contribution in [0.5, 0.6) is 5.75 Å².